The predicted molar refractivity (Wildman–Crippen MR) is 73.3 cm³/mol. The topological polar surface area (TPSA) is 22.1 Å². The highest BCUT2D eigenvalue weighted by molar-refractivity contribution is 6.29. The second-order valence-electron chi connectivity index (χ2n) is 3.89. The predicted octanol–water partition coefficient (Wildman–Crippen LogP) is 4.68. The maximum Gasteiger partial charge on any atom is 0.135 e. The quantitative estimate of drug-likeness (QED) is 0.620. The first-order valence-corrected chi connectivity index (χ1v) is 5.98. The zero-order valence-electron chi connectivity index (χ0n) is 9.51. The van der Waals surface area contributed by atoms with E-state index in [-0.39, 0.29) is 0 Å². The lowest BCUT2D eigenvalue weighted by Gasteiger charge is -2.08. The lowest BCUT2D eigenvalue weighted by Crippen LogP contribution is -1.86. The summed E-state index contributed by atoms with van der Waals surface area (Å²) in [6.45, 7) is 0. The Morgan fingerprint density at radius 2 is 1.78 bits per heavy atom. The molecule has 88 valence electrons. The molecule has 3 aromatic rings. The van der Waals surface area contributed by atoms with E-state index in [9.17, 15) is 0 Å². The summed E-state index contributed by atoms with van der Waals surface area (Å²) in [4.78, 5) is 3.93. The van der Waals surface area contributed by atoms with Gasteiger partial charge in [0.2, 0.25) is 0 Å². The van der Waals surface area contributed by atoms with E-state index >= 15 is 0 Å². The molecule has 0 spiro atoms. The highest BCUT2D eigenvalue weighted by Crippen LogP contribution is 2.30. The molecule has 0 fully saturated rings. The molecule has 0 radical (unpaired) electrons. The Hall–Kier alpha value is -2.06. The molecule has 0 aliphatic rings. The van der Waals surface area contributed by atoms with Gasteiger partial charge in [-0.15, -0.1) is 0 Å². The van der Waals surface area contributed by atoms with Crippen molar-refractivity contribution in [3.05, 3.63) is 65.9 Å². The molecular weight excluding hydrogens is 246 g/mol. The van der Waals surface area contributed by atoms with E-state index in [1.165, 1.54) is 0 Å². The number of hydrogen-bond acceptors (Lipinski definition) is 2. The molecule has 3 rings (SSSR count). The average molecular weight is 256 g/mol. The largest absolute Gasteiger partial charge is 0.457 e. The molecular formula is C15H10ClNO. The van der Waals surface area contributed by atoms with Crippen molar-refractivity contribution < 1.29 is 4.74 Å². The number of benzene rings is 2. The maximum absolute atomic E-state index is 5.85. The van der Waals surface area contributed by atoms with Gasteiger partial charge in [-0.2, -0.15) is 0 Å². The van der Waals surface area contributed by atoms with Crippen LogP contribution in [0.4, 0.5) is 0 Å². The van der Waals surface area contributed by atoms with Gasteiger partial charge in [-0.1, -0.05) is 48.0 Å². The monoisotopic (exact) mass is 255 g/mol. The number of ether oxygens (including phenoxy) is 1. The van der Waals surface area contributed by atoms with Crippen molar-refractivity contribution in [3.8, 4) is 11.5 Å². The lowest BCUT2D eigenvalue weighted by molar-refractivity contribution is 0.487. The molecule has 0 aliphatic carbocycles. The highest BCUT2D eigenvalue weighted by Gasteiger charge is 2.03. The van der Waals surface area contributed by atoms with Crippen LogP contribution in [0.5, 0.6) is 11.5 Å². The second-order valence-corrected chi connectivity index (χ2v) is 4.28. The summed E-state index contributed by atoms with van der Waals surface area (Å²) >= 11 is 5.84. The first-order chi connectivity index (χ1) is 8.83. The molecule has 0 saturated carbocycles. The third-order valence-electron chi connectivity index (χ3n) is 2.68. The van der Waals surface area contributed by atoms with E-state index in [1.54, 1.807) is 18.3 Å². The van der Waals surface area contributed by atoms with Crippen molar-refractivity contribution in [3.63, 3.8) is 0 Å². The summed E-state index contributed by atoms with van der Waals surface area (Å²) in [6, 6.07) is 17.6. The number of nitrogens with zero attached hydrogens (tertiary/aromatic N) is 1. The van der Waals surface area contributed by atoms with Crippen LogP contribution in [0, 0.1) is 0 Å². The molecule has 2 nitrogen and oxygen atoms in total. The molecule has 0 aliphatic heterocycles. The number of pyridine rings is 1. The zero-order chi connectivity index (χ0) is 12.4. The minimum atomic E-state index is 0.424. The smallest absolute Gasteiger partial charge is 0.135 e. The number of hydrogen-bond donors (Lipinski definition) is 0. The van der Waals surface area contributed by atoms with Crippen molar-refractivity contribution in [2.45, 2.75) is 0 Å². The Balaban J connectivity index is 2.05. The Labute approximate surface area is 110 Å². The molecule has 1 heterocycles. The number of aromatic nitrogens is 1. The first-order valence-electron chi connectivity index (χ1n) is 5.60. The van der Waals surface area contributed by atoms with Gasteiger partial charge in [-0.25, -0.2) is 4.98 Å². The van der Waals surface area contributed by atoms with E-state index in [0.717, 1.165) is 16.5 Å². The molecule has 3 heteroatoms. The van der Waals surface area contributed by atoms with Crippen LogP contribution in [0.25, 0.3) is 10.8 Å². The van der Waals surface area contributed by atoms with Crippen LogP contribution in [0.15, 0.2) is 60.8 Å². The van der Waals surface area contributed by atoms with E-state index in [1.807, 2.05) is 30.3 Å². The van der Waals surface area contributed by atoms with Gasteiger partial charge < -0.3 is 4.74 Å². The molecule has 1 aromatic heterocycles. The Bertz CT molecular complexity index is 691. The fraction of sp³-hybridized carbons (Fsp3) is 0. The Kier molecular flexibility index (Phi) is 2.87. The summed E-state index contributed by atoms with van der Waals surface area (Å²) in [7, 11) is 0. The molecule has 0 saturated heterocycles. The van der Waals surface area contributed by atoms with Gasteiger partial charge in [0.15, 0.2) is 0 Å². The Morgan fingerprint density at radius 1 is 0.944 bits per heavy atom. The Morgan fingerprint density at radius 3 is 2.67 bits per heavy atom. The fourth-order valence-electron chi connectivity index (χ4n) is 1.86. The van der Waals surface area contributed by atoms with Crippen LogP contribution in [-0.4, -0.2) is 4.98 Å². The number of rotatable bonds is 2. The van der Waals surface area contributed by atoms with E-state index < -0.39 is 0 Å². The summed E-state index contributed by atoms with van der Waals surface area (Å²) in [5.41, 5.74) is 0. The van der Waals surface area contributed by atoms with Crippen LogP contribution in [0.1, 0.15) is 0 Å². The summed E-state index contributed by atoms with van der Waals surface area (Å²) < 4.78 is 5.85. The average Bonchev–Trinajstić information content (AvgIpc) is 2.39. The molecule has 0 amide bonds. The fourth-order valence-corrected chi connectivity index (χ4v) is 2.02. The van der Waals surface area contributed by atoms with Crippen LogP contribution < -0.4 is 4.74 Å². The maximum atomic E-state index is 5.85. The third-order valence-corrected chi connectivity index (χ3v) is 2.88. The van der Waals surface area contributed by atoms with Gasteiger partial charge >= 0.3 is 0 Å². The summed E-state index contributed by atoms with van der Waals surface area (Å²) in [5.74, 6) is 1.50. The van der Waals surface area contributed by atoms with Gasteiger partial charge in [-0.05, 0) is 17.5 Å². The standard InChI is InChI=1S/C15H10ClNO/c16-15-10-12(8-9-17-15)18-14-7-3-5-11-4-1-2-6-13(11)14/h1-10H. The van der Waals surface area contributed by atoms with E-state index in [2.05, 4.69) is 17.1 Å². The van der Waals surface area contributed by atoms with Crippen molar-refractivity contribution in [2.75, 3.05) is 0 Å². The third kappa shape index (κ3) is 2.15. The first kappa shape index (κ1) is 11.1. The normalized spacial score (nSPS) is 10.5. The SMILES string of the molecule is Clc1cc(Oc2cccc3ccccc23)ccn1. The van der Waals surface area contributed by atoms with Crippen LogP contribution in [-0.2, 0) is 0 Å². The molecule has 0 N–H and O–H groups in total. The van der Waals surface area contributed by atoms with Gasteiger partial charge in [-0.3, -0.25) is 0 Å². The lowest BCUT2D eigenvalue weighted by atomic mass is 10.1. The van der Waals surface area contributed by atoms with Crippen LogP contribution in [0.3, 0.4) is 0 Å². The number of halogens is 1. The number of fused-ring (bicyclic) bond motifs is 1. The van der Waals surface area contributed by atoms with Gasteiger partial charge in [0.1, 0.15) is 16.7 Å². The summed E-state index contributed by atoms with van der Waals surface area (Å²) in [6.07, 6.45) is 1.63. The van der Waals surface area contributed by atoms with E-state index in [0.29, 0.717) is 10.9 Å². The minimum Gasteiger partial charge on any atom is -0.457 e. The molecule has 2 aromatic carbocycles. The molecule has 0 bridgehead atoms. The molecule has 18 heavy (non-hydrogen) atoms. The minimum absolute atomic E-state index is 0.424. The van der Waals surface area contributed by atoms with Crippen molar-refractivity contribution in [2.24, 2.45) is 0 Å². The van der Waals surface area contributed by atoms with Crippen molar-refractivity contribution >= 4 is 22.4 Å². The van der Waals surface area contributed by atoms with Crippen molar-refractivity contribution in [1.29, 1.82) is 0 Å². The molecule has 0 unspecified atom stereocenters. The van der Waals surface area contributed by atoms with E-state index in [4.69, 9.17) is 16.3 Å². The molecule has 0 atom stereocenters. The van der Waals surface area contributed by atoms with Crippen LogP contribution >= 0.6 is 11.6 Å². The zero-order valence-corrected chi connectivity index (χ0v) is 10.3. The highest BCUT2D eigenvalue weighted by atomic mass is 35.5. The summed E-state index contributed by atoms with van der Waals surface area (Å²) in [5, 5.41) is 2.65. The van der Waals surface area contributed by atoms with Gasteiger partial charge in [0.05, 0.1) is 0 Å². The second kappa shape index (κ2) is 4.67. The van der Waals surface area contributed by atoms with Gasteiger partial charge in [0, 0.05) is 17.6 Å². The van der Waals surface area contributed by atoms with Gasteiger partial charge in [0.25, 0.3) is 0 Å². The van der Waals surface area contributed by atoms with Crippen LogP contribution in [0.2, 0.25) is 5.15 Å². The van der Waals surface area contributed by atoms with Crippen molar-refractivity contribution in [1.82, 2.24) is 4.98 Å².